The minimum atomic E-state index is -2.58. The average molecular weight is 285 g/mol. The predicted molar refractivity (Wildman–Crippen MR) is 68.7 cm³/mol. The number of rotatable bonds is 1. The van der Waals surface area contributed by atoms with Crippen molar-refractivity contribution in [2.24, 2.45) is 0 Å². The fraction of sp³-hybridized carbons (Fsp3) is 0.417. The Bertz CT molecular complexity index is 610. The van der Waals surface area contributed by atoms with Crippen LogP contribution in [-0.2, 0) is 0 Å². The maximum absolute atomic E-state index is 13.2. The van der Waals surface area contributed by atoms with Crippen molar-refractivity contribution in [1.29, 1.82) is 0 Å². The van der Waals surface area contributed by atoms with Gasteiger partial charge < -0.3 is 4.90 Å². The maximum Gasteiger partial charge on any atom is 0.251 e. The molecular formula is C12H11ClF2N4. The first-order chi connectivity index (χ1) is 9.05. The molecule has 3 heterocycles. The number of alkyl halides is 2. The largest absolute Gasteiger partial charge is 0.354 e. The van der Waals surface area contributed by atoms with Crippen LogP contribution in [0.4, 0.5) is 14.6 Å². The second-order valence-corrected chi connectivity index (χ2v) is 4.96. The number of piperidine rings is 1. The molecule has 1 fully saturated rings. The molecule has 0 bridgehead atoms. The fourth-order valence-electron chi connectivity index (χ4n) is 2.21. The minimum absolute atomic E-state index is 0.173. The van der Waals surface area contributed by atoms with Gasteiger partial charge in [0.1, 0.15) is 17.0 Å². The summed E-state index contributed by atoms with van der Waals surface area (Å²) in [5, 5.41) is 1.07. The number of nitrogens with zero attached hydrogens (tertiary/aromatic N) is 4. The zero-order valence-corrected chi connectivity index (χ0v) is 10.7. The zero-order valence-electron chi connectivity index (χ0n) is 9.98. The molecule has 0 aromatic carbocycles. The van der Waals surface area contributed by atoms with Crippen LogP contribution in [0.25, 0.3) is 10.9 Å². The Morgan fingerprint density at radius 2 is 2.00 bits per heavy atom. The molecule has 1 aliphatic rings. The van der Waals surface area contributed by atoms with Crippen LogP contribution in [0.2, 0.25) is 5.15 Å². The SMILES string of the molecule is FC1(F)CCN(c2nc(Cl)cc3cncnc23)CC1. The molecule has 4 nitrogen and oxygen atoms in total. The quantitative estimate of drug-likeness (QED) is 0.755. The predicted octanol–water partition coefficient (Wildman–Crippen LogP) is 2.91. The molecule has 3 rings (SSSR count). The van der Waals surface area contributed by atoms with Crippen LogP contribution in [-0.4, -0.2) is 34.0 Å². The molecule has 2 aromatic rings. The third kappa shape index (κ3) is 2.45. The Kier molecular flexibility index (Phi) is 2.97. The molecular weight excluding hydrogens is 274 g/mol. The molecule has 0 N–H and O–H groups in total. The van der Waals surface area contributed by atoms with Crippen LogP contribution in [0.15, 0.2) is 18.6 Å². The van der Waals surface area contributed by atoms with Gasteiger partial charge >= 0.3 is 0 Å². The van der Waals surface area contributed by atoms with E-state index in [0.29, 0.717) is 16.5 Å². The van der Waals surface area contributed by atoms with Crippen LogP contribution in [0, 0.1) is 0 Å². The van der Waals surface area contributed by atoms with E-state index < -0.39 is 5.92 Å². The molecule has 1 aliphatic heterocycles. The topological polar surface area (TPSA) is 41.9 Å². The van der Waals surface area contributed by atoms with E-state index in [1.807, 2.05) is 0 Å². The van der Waals surface area contributed by atoms with Gasteiger partial charge in [0.25, 0.3) is 5.92 Å². The van der Waals surface area contributed by atoms with Gasteiger partial charge in [-0.1, -0.05) is 11.6 Å². The lowest BCUT2D eigenvalue weighted by Gasteiger charge is -2.32. The van der Waals surface area contributed by atoms with Crippen molar-refractivity contribution in [3.05, 3.63) is 23.7 Å². The lowest BCUT2D eigenvalue weighted by atomic mass is 10.1. The molecule has 0 saturated carbocycles. The van der Waals surface area contributed by atoms with E-state index in [9.17, 15) is 8.78 Å². The van der Waals surface area contributed by atoms with E-state index in [4.69, 9.17) is 11.6 Å². The van der Waals surface area contributed by atoms with E-state index in [-0.39, 0.29) is 25.9 Å². The Hall–Kier alpha value is -1.56. The summed E-state index contributed by atoms with van der Waals surface area (Å²) >= 11 is 5.96. The van der Waals surface area contributed by atoms with E-state index in [2.05, 4.69) is 15.0 Å². The molecule has 0 aliphatic carbocycles. The van der Waals surface area contributed by atoms with E-state index in [1.165, 1.54) is 6.33 Å². The summed E-state index contributed by atoms with van der Waals surface area (Å²) in [7, 11) is 0. The van der Waals surface area contributed by atoms with Crippen LogP contribution < -0.4 is 4.90 Å². The number of hydrogen-bond acceptors (Lipinski definition) is 4. The highest BCUT2D eigenvalue weighted by molar-refractivity contribution is 6.30. The average Bonchev–Trinajstić information content (AvgIpc) is 2.38. The molecule has 0 amide bonds. The summed E-state index contributed by atoms with van der Waals surface area (Å²) in [6.07, 6.45) is 2.71. The summed E-state index contributed by atoms with van der Waals surface area (Å²) in [4.78, 5) is 14.1. The van der Waals surface area contributed by atoms with Crippen molar-refractivity contribution in [2.45, 2.75) is 18.8 Å². The molecule has 2 aromatic heterocycles. The number of hydrogen-bond donors (Lipinski definition) is 0. The second-order valence-electron chi connectivity index (χ2n) is 4.57. The van der Waals surface area contributed by atoms with Gasteiger partial charge in [-0.05, 0) is 6.07 Å². The van der Waals surface area contributed by atoms with Crippen molar-refractivity contribution in [1.82, 2.24) is 15.0 Å². The van der Waals surface area contributed by atoms with Gasteiger partial charge in [-0.15, -0.1) is 0 Å². The fourth-order valence-corrected chi connectivity index (χ4v) is 2.41. The number of pyridine rings is 1. The smallest absolute Gasteiger partial charge is 0.251 e. The lowest BCUT2D eigenvalue weighted by molar-refractivity contribution is -0.0221. The van der Waals surface area contributed by atoms with Crippen LogP contribution in [0.1, 0.15) is 12.8 Å². The summed E-state index contributed by atoms with van der Waals surface area (Å²) < 4.78 is 26.4. The summed E-state index contributed by atoms with van der Waals surface area (Å²) in [5.74, 6) is -2.03. The highest BCUT2D eigenvalue weighted by Crippen LogP contribution is 2.32. The normalized spacial score (nSPS) is 18.8. The summed E-state index contributed by atoms with van der Waals surface area (Å²) in [5.41, 5.74) is 0.643. The van der Waals surface area contributed by atoms with E-state index in [0.717, 1.165) is 5.39 Å². The lowest BCUT2D eigenvalue weighted by Crippen LogP contribution is -2.39. The Morgan fingerprint density at radius 3 is 2.74 bits per heavy atom. The first-order valence-electron chi connectivity index (χ1n) is 5.94. The molecule has 0 unspecified atom stereocenters. The van der Waals surface area contributed by atoms with Gasteiger partial charge in [-0.25, -0.2) is 23.7 Å². The van der Waals surface area contributed by atoms with Crippen molar-refractivity contribution in [2.75, 3.05) is 18.0 Å². The Labute approximate surface area is 113 Å². The summed E-state index contributed by atoms with van der Waals surface area (Å²) in [6, 6.07) is 1.67. The number of aromatic nitrogens is 3. The van der Waals surface area contributed by atoms with Gasteiger partial charge in [0.15, 0.2) is 5.82 Å². The number of halogens is 3. The maximum atomic E-state index is 13.2. The third-order valence-electron chi connectivity index (χ3n) is 3.23. The van der Waals surface area contributed by atoms with E-state index >= 15 is 0 Å². The van der Waals surface area contributed by atoms with Crippen molar-refractivity contribution in [3.63, 3.8) is 0 Å². The van der Waals surface area contributed by atoms with Gasteiger partial charge in [-0.3, -0.25) is 0 Å². The number of fused-ring (bicyclic) bond motifs is 1. The van der Waals surface area contributed by atoms with Gasteiger partial charge in [0, 0.05) is 37.5 Å². The van der Waals surface area contributed by atoms with Crippen LogP contribution in [0.3, 0.4) is 0 Å². The Morgan fingerprint density at radius 1 is 1.26 bits per heavy atom. The third-order valence-corrected chi connectivity index (χ3v) is 3.43. The van der Waals surface area contributed by atoms with Crippen molar-refractivity contribution in [3.8, 4) is 0 Å². The van der Waals surface area contributed by atoms with Crippen molar-refractivity contribution >= 4 is 28.3 Å². The molecule has 0 spiro atoms. The highest BCUT2D eigenvalue weighted by Gasteiger charge is 2.35. The molecule has 0 radical (unpaired) electrons. The number of anilines is 1. The zero-order chi connectivity index (χ0) is 13.5. The molecule has 19 heavy (non-hydrogen) atoms. The standard InChI is InChI=1S/C12H11ClF2N4/c13-9-5-8-6-16-7-17-10(8)11(18-9)19-3-1-12(14,15)2-4-19/h5-7H,1-4H2. The molecule has 100 valence electrons. The Balaban J connectivity index is 2.01. The highest BCUT2D eigenvalue weighted by atomic mass is 35.5. The second kappa shape index (κ2) is 4.52. The van der Waals surface area contributed by atoms with Gasteiger partial charge in [0.05, 0.1) is 0 Å². The van der Waals surface area contributed by atoms with E-state index in [1.54, 1.807) is 17.2 Å². The van der Waals surface area contributed by atoms with Crippen molar-refractivity contribution < 1.29 is 8.78 Å². The monoisotopic (exact) mass is 284 g/mol. The first kappa shape index (κ1) is 12.5. The molecule has 7 heteroatoms. The van der Waals surface area contributed by atoms with Gasteiger partial charge in [0.2, 0.25) is 0 Å². The molecule has 0 atom stereocenters. The molecule has 1 saturated heterocycles. The van der Waals surface area contributed by atoms with Crippen LogP contribution >= 0.6 is 11.6 Å². The van der Waals surface area contributed by atoms with Gasteiger partial charge in [-0.2, -0.15) is 0 Å². The van der Waals surface area contributed by atoms with Crippen LogP contribution in [0.5, 0.6) is 0 Å². The summed E-state index contributed by atoms with van der Waals surface area (Å²) in [6.45, 7) is 0.499. The minimum Gasteiger partial charge on any atom is -0.354 e. The first-order valence-corrected chi connectivity index (χ1v) is 6.32.